The number of carboxylic acid groups (broad SMARTS) is 1. The van der Waals surface area contributed by atoms with Crippen LogP contribution in [-0.4, -0.2) is 22.2 Å². The number of carboxylic acids is 1. The summed E-state index contributed by atoms with van der Waals surface area (Å²) in [7, 11) is 0. The van der Waals surface area contributed by atoms with Crippen LogP contribution in [-0.2, 0) is 9.59 Å². The van der Waals surface area contributed by atoms with E-state index >= 15 is 0 Å². The maximum Gasteiger partial charge on any atom is 0.336 e. The SMILES string of the molecule is O=C(O)C=CC(=O)Oc1ccc(O)cc1. The van der Waals surface area contributed by atoms with Gasteiger partial charge in [-0.2, -0.15) is 0 Å². The van der Waals surface area contributed by atoms with Gasteiger partial charge in [0.05, 0.1) is 0 Å². The maximum atomic E-state index is 11.0. The van der Waals surface area contributed by atoms with Crippen LogP contribution < -0.4 is 4.74 Å². The number of rotatable bonds is 3. The van der Waals surface area contributed by atoms with Crippen molar-refractivity contribution in [2.75, 3.05) is 0 Å². The Morgan fingerprint density at radius 1 is 1.13 bits per heavy atom. The molecule has 0 unspecified atom stereocenters. The molecule has 0 fully saturated rings. The van der Waals surface area contributed by atoms with Crippen molar-refractivity contribution in [3.8, 4) is 11.5 Å². The van der Waals surface area contributed by atoms with Crippen molar-refractivity contribution in [3.63, 3.8) is 0 Å². The standard InChI is InChI=1S/C10H8O5/c11-7-1-3-8(4-2-7)15-10(14)6-5-9(12)13/h1-6,11H,(H,12,13). The smallest absolute Gasteiger partial charge is 0.336 e. The molecular formula is C10H8O5. The van der Waals surface area contributed by atoms with Gasteiger partial charge in [0.2, 0.25) is 0 Å². The lowest BCUT2D eigenvalue weighted by atomic mass is 10.3. The summed E-state index contributed by atoms with van der Waals surface area (Å²) >= 11 is 0. The van der Waals surface area contributed by atoms with Gasteiger partial charge in [-0.05, 0) is 24.3 Å². The lowest BCUT2D eigenvalue weighted by molar-refractivity contribution is -0.133. The Labute approximate surface area is 85.2 Å². The summed E-state index contributed by atoms with van der Waals surface area (Å²) in [5.41, 5.74) is 0. The summed E-state index contributed by atoms with van der Waals surface area (Å²) in [5.74, 6) is -1.73. The highest BCUT2D eigenvalue weighted by molar-refractivity contribution is 5.91. The first-order chi connectivity index (χ1) is 7.08. The molecule has 0 bridgehead atoms. The monoisotopic (exact) mass is 208 g/mol. The van der Waals surface area contributed by atoms with Crippen LogP contribution in [0.4, 0.5) is 0 Å². The van der Waals surface area contributed by atoms with Gasteiger partial charge in [-0.25, -0.2) is 9.59 Å². The minimum atomic E-state index is -1.22. The molecule has 0 aliphatic carbocycles. The minimum Gasteiger partial charge on any atom is -0.508 e. The molecule has 0 saturated carbocycles. The molecule has 1 rings (SSSR count). The van der Waals surface area contributed by atoms with Crippen LogP contribution in [0.2, 0.25) is 0 Å². The highest BCUT2D eigenvalue weighted by Crippen LogP contribution is 2.15. The lowest BCUT2D eigenvalue weighted by Crippen LogP contribution is -2.04. The summed E-state index contributed by atoms with van der Waals surface area (Å²) in [4.78, 5) is 21.0. The second-order valence-corrected chi connectivity index (χ2v) is 2.59. The molecule has 0 radical (unpaired) electrons. The van der Waals surface area contributed by atoms with Crippen molar-refractivity contribution in [3.05, 3.63) is 36.4 Å². The molecule has 5 nitrogen and oxygen atoms in total. The second kappa shape index (κ2) is 4.80. The zero-order chi connectivity index (χ0) is 11.3. The van der Waals surface area contributed by atoms with E-state index in [4.69, 9.17) is 14.9 Å². The maximum absolute atomic E-state index is 11.0. The number of aliphatic carboxylic acids is 1. The predicted octanol–water partition coefficient (Wildman–Crippen LogP) is 0.938. The number of benzene rings is 1. The van der Waals surface area contributed by atoms with Crippen molar-refractivity contribution >= 4 is 11.9 Å². The van der Waals surface area contributed by atoms with Gasteiger partial charge in [-0.15, -0.1) is 0 Å². The lowest BCUT2D eigenvalue weighted by Gasteiger charge is -2.00. The molecule has 0 heterocycles. The zero-order valence-corrected chi connectivity index (χ0v) is 7.58. The van der Waals surface area contributed by atoms with Gasteiger partial charge < -0.3 is 14.9 Å². The molecule has 1 aromatic carbocycles. The first-order valence-electron chi connectivity index (χ1n) is 4.00. The third kappa shape index (κ3) is 3.95. The van der Waals surface area contributed by atoms with Crippen molar-refractivity contribution in [1.82, 2.24) is 0 Å². The Bertz CT molecular complexity index is 391. The Hall–Kier alpha value is -2.30. The number of carbonyl (C=O) groups excluding carboxylic acids is 1. The molecule has 0 saturated heterocycles. The predicted molar refractivity (Wildman–Crippen MR) is 50.5 cm³/mol. The van der Waals surface area contributed by atoms with Crippen LogP contribution in [0.3, 0.4) is 0 Å². The van der Waals surface area contributed by atoms with Gasteiger partial charge in [0.25, 0.3) is 0 Å². The summed E-state index contributed by atoms with van der Waals surface area (Å²) in [6.45, 7) is 0. The van der Waals surface area contributed by atoms with Crippen LogP contribution in [0.25, 0.3) is 0 Å². The molecule has 0 atom stereocenters. The number of hydrogen-bond acceptors (Lipinski definition) is 4. The van der Waals surface area contributed by atoms with Gasteiger partial charge in [-0.1, -0.05) is 0 Å². The number of phenolic OH excluding ortho intramolecular Hbond substituents is 1. The highest BCUT2D eigenvalue weighted by atomic mass is 16.5. The van der Waals surface area contributed by atoms with Crippen LogP contribution in [0.5, 0.6) is 11.5 Å². The fraction of sp³-hybridized carbons (Fsp3) is 0. The number of ether oxygens (including phenoxy) is 1. The van der Waals surface area contributed by atoms with Crippen molar-refractivity contribution < 1.29 is 24.5 Å². The molecule has 0 aromatic heterocycles. The second-order valence-electron chi connectivity index (χ2n) is 2.59. The van der Waals surface area contributed by atoms with Crippen molar-refractivity contribution in [2.45, 2.75) is 0 Å². The normalized spacial score (nSPS) is 10.1. The Balaban J connectivity index is 2.59. The van der Waals surface area contributed by atoms with Crippen LogP contribution in [0, 0.1) is 0 Å². The Morgan fingerprint density at radius 2 is 1.73 bits per heavy atom. The number of aromatic hydroxyl groups is 1. The zero-order valence-electron chi connectivity index (χ0n) is 7.58. The molecule has 5 heteroatoms. The third-order valence-electron chi connectivity index (χ3n) is 1.42. The largest absolute Gasteiger partial charge is 0.508 e. The van der Waals surface area contributed by atoms with Crippen LogP contribution in [0.1, 0.15) is 0 Å². The van der Waals surface area contributed by atoms with E-state index in [0.717, 1.165) is 6.08 Å². The summed E-state index contributed by atoms with van der Waals surface area (Å²) in [5, 5.41) is 17.2. The Kier molecular flexibility index (Phi) is 3.45. The van der Waals surface area contributed by atoms with E-state index in [1.54, 1.807) is 0 Å². The molecule has 0 aliphatic rings. The van der Waals surface area contributed by atoms with Gasteiger partial charge in [0, 0.05) is 12.2 Å². The van der Waals surface area contributed by atoms with Gasteiger partial charge >= 0.3 is 11.9 Å². The quantitative estimate of drug-likeness (QED) is 0.438. The molecular weight excluding hydrogens is 200 g/mol. The minimum absolute atomic E-state index is 0.0517. The fourth-order valence-electron chi connectivity index (χ4n) is 0.804. The van der Waals surface area contributed by atoms with Gasteiger partial charge in [-0.3, -0.25) is 0 Å². The van der Waals surface area contributed by atoms with E-state index in [9.17, 15) is 9.59 Å². The fourth-order valence-corrected chi connectivity index (χ4v) is 0.804. The van der Waals surface area contributed by atoms with E-state index in [0.29, 0.717) is 6.08 Å². The first-order valence-corrected chi connectivity index (χ1v) is 4.00. The number of carbonyl (C=O) groups is 2. The molecule has 2 N–H and O–H groups in total. The number of phenols is 1. The van der Waals surface area contributed by atoms with E-state index in [-0.39, 0.29) is 11.5 Å². The number of hydrogen-bond donors (Lipinski definition) is 2. The average Bonchev–Trinajstić information content (AvgIpc) is 2.19. The molecule has 0 amide bonds. The van der Waals surface area contributed by atoms with Crippen molar-refractivity contribution in [1.29, 1.82) is 0 Å². The molecule has 78 valence electrons. The van der Waals surface area contributed by atoms with E-state index in [2.05, 4.69) is 0 Å². The van der Waals surface area contributed by atoms with E-state index in [1.165, 1.54) is 24.3 Å². The van der Waals surface area contributed by atoms with Crippen molar-refractivity contribution in [2.24, 2.45) is 0 Å². The number of esters is 1. The summed E-state index contributed by atoms with van der Waals surface area (Å²) < 4.78 is 4.72. The molecule has 0 aliphatic heterocycles. The van der Waals surface area contributed by atoms with Crippen LogP contribution in [0.15, 0.2) is 36.4 Å². The van der Waals surface area contributed by atoms with E-state index < -0.39 is 11.9 Å². The summed E-state index contributed by atoms with van der Waals surface area (Å²) in [6, 6.07) is 5.48. The third-order valence-corrected chi connectivity index (χ3v) is 1.42. The van der Waals surface area contributed by atoms with Gasteiger partial charge in [0.15, 0.2) is 0 Å². The molecule has 1 aromatic rings. The first kappa shape index (κ1) is 10.8. The highest BCUT2D eigenvalue weighted by Gasteiger charge is 2.00. The molecule has 0 spiro atoms. The summed E-state index contributed by atoms with van der Waals surface area (Å²) in [6.07, 6.45) is 1.48. The molecule has 15 heavy (non-hydrogen) atoms. The topological polar surface area (TPSA) is 83.8 Å². The average molecular weight is 208 g/mol. The van der Waals surface area contributed by atoms with E-state index in [1.807, 2.05) is 0 Å². The Morgan fingerprint density at radius 3 is 2.27 bits per heavy atom. The van der Waals surface area contributed by atoms with Crippen LogP contribution >= 0.6 is 0 Å². The van der Waals surface area contributed by atoms with Gasteiger partial charge in [0.1, 0.15) is 11.5 Å².